The molecule has 0 unspecified atom stereocenters. The number of nitrogens with two attached hydrogens (primary N) is 1. The van der Waals surface area contributed by atoms with Gasteiger partial charge in [-0.3, -0.25) is 0 Å². The Hall–Kier alpha value is -1.40. The average Bonchev–Trinajstić information content (AvgIpc) is 2.75. The van der Waals surface area contributed by atoms with Gasteiger partial charge in [0.25, 0.3) is 0 Å². The SMILES string of the molecule is CC[C@H](N)c1ccccc1Sc1nnnn1C. The molecule has 6 heteroatoms. The van der Waals surface area contributed by atoms with Gasteiger partial charge in [-0.1, -0.05) is 25.1 Å². The van der Waals surface area contributed by atoms with Crippen LogP contribution >= 0.6 is 11.8 Å². The van der Waals surface area contributed by atoms with Crippen LogP contribution in [0.2, 0.25) is 0 Å². The van der Waals surface area contributed by atoms with Crippen molar-refractivity contribution in [1.29, 1.82) is 0 Å². The molecule has 0 aliphatic heterocycles. The normalized spacial score (nSPS) is 12.6. The molecule has 2 N–H and O–H groups in total. The predicted octanol–water partition coefficient (Wildman–Crippen LogP) is 1.77. The van der Waals surface area contributed by atoms with Crippen LogP contribution in [0.15, 0.2) is 34.3 Å². The molecule has 0 bridgehead atoms. The van der Waals surface area contributed by atoms with Crippen LogP contribution in [0, 0.1) is 0 Å². The average molecular weight is 249 g/mol. The van der Waals surface area contributed by atoms with Gasteiger partial charge in [0.05, 0.1) is 0 Å². The van der Waals surface area contributed by atoms with Crippen LogP contribution in [0.4, 0.5) is 0 Å². The van der Waals surface area contributed by atoms with Gasteiger partial charge in [0.1, 0.15) is 0 Å². The van der Waals surface area contributed by atoms with Crippen LogP contribution < -0.4 is 5.73 Å². The summed E-state index contributed by atoms with van der Waals surface area (Å²) in [5.41, 5.74) is 7.23. The summed E-state index contributed by atoms with van der Waals surface area (Å²) in [4.78, 5) is 1.11. The van der Waals surface area contributed by atoms with Crippen molar-refractivity contribution in [3.63, 3.8) is 0 Å². The predicted molar refractivity (Wildman–Crippen MR) is 66.6 cm³/mol. The van der Waals surface area contributed by atoms with Crippen molar-refractivity contribution in [3.8, 4) is 0 Å². The fourth-order valence-corrected chi connectivity index (χ4v) is 2.43. The Morgan fingerprint density at radius 1 is 1.41 bits per heavy atom. The maximum Gasteiger partial charge on any atom is 0.213 e. The van der Waals surface area contributed by atoms with Crippen LogP contribution in [0.3, 0.4) is 0 Å². The first-order valence-corrected chi connectivity index (χ1v) is 6.28. The molecule has 0 aliphatic carbocycles. The van der Waals surface area contributed by atoms with Crippen LogP contribution in [-0.2, 0) is 7.05 Å². The number of hydrogen-bond donors (Lipinski definition) is 1. The van der Waals surface area contributed by atoms with Gasteiger partial charge >= 0.3 is 0 Å². The molecule has 2 rings (SSSR count). The number of aromatic nitrogens is 4. The van der Waals surface area contributed by atoms with E-state index < -0.39 is 0 Å². The fraction of sp³-hybridized carbons (Fsp3) is 0.364. The molecule has 0 saturated carbocycles. The summed E-state index contributed by atoms with van der Waals surface area (Å²) in [6.07, 6.45) is 0.911. The Labute approximate surface area is 104 Å². The Morgan fingerprint density at radius 3 is 2.82 bits per heavy atom. The summed E-state index contributed by atoms with van der Waals surface area (Å²) in [5.74, 6) is 0. The maximum atomic E-state index is 6.09. The third kappa shape index (κ3) is 2.65. The van der Waals surface area contributed by atoms with Gasteiger partial charge in [0, 0.05) is 18.0 Å². The molecule has 1 aromatic heterocycles. The highest BCUT2D eigenvalue weighted by molar-refractivity contribution is 7.99. The van der Waals surface area contributed by atoms with Crippen LogP contribution in [-0.4, -0.2) is 20.2 Å². The summed E-state index contributed by atoms with van der Waals surface area (Å²) >= 11 is 1.54. The van der Waals surface area contributed by atoms with Crippen LogP contribution in [0.5, 0.6) is 0 Å². The molecule has 0 aliphatic rings. The number of hydrogen-bond acceptors (Lipinski definition) is 5. The van der Waals surface area contributed by atoms with E-state index >= 15 is 0 Å². The highest BCUT2D eigenvalue weighted by Crippen LogP contribution is 2.31. The second kappa shape index (κ2) is 5.29. The lowest BCUT2D eigenvalue weighted by Gasteiger charge is -2.13. The number of aryl methyl sites for hydroxylation is 1. The molecular formula is C11H15N5S. The molecule has 0 saturated heterocycles. The fourth-order valence-electron chi connectivity index (χ4n) is 1.51. The number of tetrazole rings is 1. The summed E-state index contributed by atoms with van der Waals surface area (Å²) in [6, 6.07) is 8.16. The first kappa shape index (κ1) is 12.1. The molecule has 0 spiro atoms. The van der Waals surface area contributed by atoms with E-state index in [2.05, 4.69) is 28.5 Å². The molecule has 5 nitrogen and oxygen atoms in total. The highest BCUT2D eigenvalue weighted by Gasteiger charge is 2.12. The maximum absolute atomic E-state index is 6.09. The molecule has 0 radical (unpaired) electrons. The van der Waals surface area contributed by atoms with E-state index in [-0.39, 0.29) is 6.04 Å². The summed E-state index contributed by atoms with van der Waals surface area (Å²) in [7, 11) is 1.82. The summed E-state index contributed by atoms with van der Waals surface area (Å²) in [6.45, 7) is 2.08. The largest absolute Gasteiger partial charge is 0.324 e. The van der Waals surface area contributed by atoms with E-state index in [1.165, 1.54) is 11.8 Å². The van der Waals surface area contributed by atoms with Crippen molar-refractivity contribution in [2.75, 3.05) is 0 Å². The quantitative estimate of drug-likeness (QED) is 0.894. The molecule has 2 aromatic rings. The number of nitrogens with zero attached hydrogens (tertiary/aromatic N) is 4. The molecule has 1 atom stereocenters. The summed E-state index contributed by atoms with van der Waals surface area (Å²) < 4.78 is 1.65. The minimum atomic E-state index is 0.0555. The van der Waals surface area contributed by atoms with Crippen molar-refractivity contribution < 1.29 is 0 Å². The van der Waals surface area contributed by atoms with Crippen molar-refractivity contribution >= 4 is 11.8 Å². The zero-order valence-electron chi connectivity index (χ0n) is 9.87. The van der Waals surface area contributed by atoms with E-state index in [1.807, 2.05) is 25.2 Å². The van der Waals surface area contributed by atoms with Crippen molar-refractivity contribution in [2.45, 2.75) is 29.4 Å². The van der Waals surface area contributed by atoms with E-state index in [0.29, 0.717) is 0 Å². The van der Waals surface area contributed by atoms with Gasteiger partial charge in [0.15, 0.2) is 0 Å². The molecule has 90 valence electrons. The van der Waals surface area contributed by atoms with Crippen molar-refractivity contribution in [2.24, 2.45) is 12.8 Å². The zero-order chi connectivity index (χ0) is 12.3. The van der Waals surface area contributed by atoms with Gasteiger partial charge in [0.2, 0.25) is 5.16 Å². The molecule has 1 heterocycles. The zero-order valence-corrected chi connectivity index (χ0v) is 10.7. The molecule has 1 aromatic carbocycles. The lowest BCUT2D eigenvalue weighted by atomic mass is 10.1. The topological polar surface area (TPSA) is 69.6 Å². The first-order valence-electron chi connectivity index (χ1n) is 5.47. The van der Waals surface area contributed by atoms with Gasteiger partial charge in [-0.05, 0) is 40.2 Å². The lowest BCUT2D eigenvalue weighted by Crippen LogP contribution is -2.09. The third-order valence-electron chi connectivity index (χ3n) is 2.54. The highest BCUT2D eigenvalue weighted by atomic mass is 32.2. The minimum Gasteiger partial charge on any atom is -0.324 e. The Balaban J connectivity index is 2.30. The van der Waals surface area contributed by atoms with Gasteiger partial charge in [-0.2, -0.15) is 0 Å². The van der Waals surface area contributed by atoms with Gasteiger partial charge in [-0.15, -0.1) is 5.10 Å². The van der Waals surface area contributed by atoms with E-state index in [0.717, 1.165) is 22.0 Å². The van der Waals surface area contributed by atoms with E-state index in [4.69, 9.17) is 5.73 Å². The van der Waals surface area contributed by atoms with Crippen molar-refractivity contribution in [1.82, 2.24) is 20.2 Å². The Morgan fingerprint density at radius 2 is 2.18 bits per heavy atom. The van der Waals surface area contributed by atoms with Crippen LogP contribution in [0.25, 0.3) is 0 Å². The Bertz CT molecular complexity index is 496. The molecule has 17 heavy (non-hydrogen) atoms. The second-order valence-electron chi connectivity index (χ2n) is 3.74. The second-order valence-corrected chi connectivity index (χ2v) is 4.75. The molecule has 0 amide bonds. The van der Waals surface area contributed by atoms with Crippen LogP contribution in [0.1, 0.15) is 24.9 Å². The minimum absolute atomic E-state index is 0.0555. The van der Waals surface area contributed by atoms with E-state index in [1.54, 1.807) is 4.68 Å². The van der Waals surface area contributed by atoms with Crippen molar-refractivity contribution in [3.05, 3.63) is 29.8 Å². The third-order valence-corrected chi connectivity index (χ3v) is 3.66. The monoisotopic (exact) mass is 249 g/mol. The smallest absolute Gasteiger partial charge is 0.213 e. The lowest BCUT2D eigenvalue weighted by molar-refractivity contribution is 0.662. The molecule has 0 fully saturated rings. The van der Waals surface area contributed by atoms with Gasteiger partial charge < -0.3 is 5.73 Å². The standard InChI is InChI=1S/C11H15N5S/c1-3-9(12)8-6-4-5-7-10(8)17-11-13-14-15-16(11)2/h4-7,9H,3,12H2,1-2H3/t9-/m0/s1. The number of benzene rings is 1. The van der Waals surface area contributed by atoms with E-state index in [9.17, 15) is 0 Å². The van der Waals surface area contributed by atoms with Gasteiger partial charge in [-0.25, -0.2) is 4.68 Å². The summed E-state index contributed by atoms with van der Waals surface area (Å²) in [5, 5.41) is 12.2. The number of rotatable bonds is 4. The Kier molecular flexibility index (Phi) is 3.75. The molecular weight excluding hydrogens is 234 g/mol. The first-order chi connectivity index (χ1) is 8.22.